The van der Waals surface area contributed by atoms with Crippen LogP contribution in [0, 0.1) is 0 Å². The van der Waals surface area contributed by atoms with Crippen molar-refractivity contribution in [3.05, 3.63) is 102 Å². The lowest BCUT2D eigenvalue weighted by atomic mass is 10.2. The molecule has 0 spiro atoms. The van der Waals surface area contributed by atoms with Crippen molar-refractivity contribution in [2.24, 2.45) is 5.10 Å². The number of hydrogen-bond donors (Lipinski definition) is 2. The normalized spacial score (nSPS) is 10.5. The van der Waals surface area contributed by atoms with Gasteiger partial charge in [-0.2, -0.15) is 5.10 Å². The molecule has 3 rings (SSSR count). The number of nitrogens with zero attached hydrogens (tertiary/aromatic N) is 1. The van der Waals surface area contributed by atoms with E-state index in [0.29, 0.717) is 17.9 Å². The summed E-state index contributed by atoms with van der Waals surface area (Å²) in [5.74, 6) is 0.108. The fraction of sp³-hybridized carbons (Fsp3) is 0.0870. The van der Waals surface area contributed by atoms with Crippen molar-refractivity contribution in [2.45, 2.75) is 6.54 Å². The van der Waals surface area contributed by atoms with Gasteiger partial charge in [0.2, 0.25) is 0 Å². The fourth-order valence-corrected chi connectivity index (χ4v) is 2.47. The van der Waals surface area contributed by atoms with Crippen LogP contribution < -0.4 is 15.5 Å². The van der Waals surface area contributed by atoms with Crippen molar-refractivity contribution in [1.82, 2.24) is 10.7 Å². The summed E-state index contributed by atoms with van der Waals surface area (Å²) in [7, 11) is 0. The molecule has 6 nitrogen and oxygen atoms in total. The summed E-state index contributed by atoms with van der Waals surface area (Å²) in [5.41, 5.74) is 4.84. The van der Waals surface area contributed by atoms with E-state index in [4.69, 9.17) is 4.74 Å². The maximum Gasteiger partial charge on any atom is 0.271 e. The largest absolute Gasteiger partial charge is 0.484 e. The number of amides is 2. The Labute approximate surface area is 169 Å². The van der Waals surface area contributed by atoms with Crippen LogP contribution in [0.2, 0.25) is 0 Å². The number of benzene rings is 3. The van der Waals surface area contributed by atoms with E-state index >= 15 is 0 Å². The Morgan fingerprint density at radius 3 is 2.21 bits per heavy atom. The van der Waals surface area contributed by atoms with E-state index in [2.05, 4.69) is 15.8 Å². The Bertz CT molecular complexity index is 956. The van der Waals surface area contributed by atoms with E-state index in [1.165, 1.54) is 6.21 Å². The first kappa shape index (κ1) is 19.8. The van der Waals surface area contributed by atoms with Crippen LogP contribution in [-0.2, 0) is 11.3 Å². The molecular weight excluding hydrogens is 366 g/mol. The number of ether oxygens (including phenoxy) is 1. The summed E-state index contributed by atoms with van der Waals surface area (Å²) >= 11 is 0. The molecule has 0 saturated carbocycles. The molecule has 6 heteroatoms. The van der Waals surface area contributed by atoms with Crippen LogP contribution in [0.3, 0.4) is 0 Å². The van der Waals surface area contributed by atoms with Gasteiger partial charge in [-0.1, -0.05) is 48.5 Å². The zero-order valence-electron chi connectivity index (χ0n) is 15.7. The monoisotopic (exact) mass is 387 g/mol. The molecule has 2 amide bonds. The predicted octanol–water partition coefficient (Wildman–Crippen LogP) is 3.15. The Hall–Kier alpha value is -3.93. The molecular formula is C23H21N3O3. The van der Waals surface area contributed by atoms with E-state index in [-0.39, 0.29) is 18.4 Å². The lowest BCUT2D eigenvalue weighted by Gasteiger charge is -2.08. The molecule has 0 atom stereocenters. The minimum atomic E-state index is -0.275. The average molecular weight is 387 g/mol. The molecule has 0 aromatic heterocycles. The summed E-state index contributed by atoms with van der Waals surface area (Å²) < 4.78 is 5.49. The van der Waals surface area contributed by atoms with E-state index < -0.39 is 0 Å². The van der Waals surface area contributed by atoms with E-state index in [9.17, 15) is 9.59 Å². The molecule has 0 bridgehead atoms. The SMILES string of the molecule is O=C(COc1ccc(/C=N/NC(=O)c2ccccc2)cc1)NCc1ccccc1. The van der Waals surface area contributed by atoms with Gasteiger partial charge >= 0.3 is 0 Å². The number of rotatable bonds is 8. The minimum absolute atomic E-state index is 0.0621. The van der Waals surface area contributed by atoms with Gasteiger partial charge in [-0.05, 0) is 47.5 Å². The molecule has 0 aliphatic heterocycles. The highest BCUT2D eigenvalue weighted by molar-refractivity contribution is 5.94. The second kappa shape index (κ2) is 10.4. The van der Waals surface area contributed by atoms with Crippen LogP contribution in [0.5, 0.6) is 5.75 Å². The summed E-state index contributed by atoms with van der Waals surface area (Å²) in [6.45, 7) is 0.403. The maximum atomic E-state index is 11.9. The Balaban J connectivity index is 1.41. The second-order valence-corrected chi connectivity index (χ2v) is 6.19. The van der Waals surface area contributed by atoms with Crippen LogP contribution in [0.15, 0.2) is 90.0 Å². The van der Waals surface area contributed by atoms with Crippen molar-refractivity contribution in [3.8, 4) is 5.75 Å². The van der Waals surface area contributed by atoms with Gasteiger partial charge in [-0.3, -0.25) is 9.59 Å². The maximum absolute atomic E-state index is 11.9. The van der Waals surface area contributed by atoms with Crippen LogP contribution in [0.4, 0.5) is 0 Å². The van der Waals surface area contributed by atoms with Crippen LogP contribution in [0.1, 0.15) is 21.5 Å². The number of nitrogens with one attached hydrogen (secondary N) is 2. The molecule has 0 fully saturated rings. The van der Waals surface area contributed by atoms with Gasteiger partial charge in [0, 0.05) is 12.1 Å². The van der Waals surface area contributed by atoms with Crippen LogP contribution in [0.25, 0.3) is 0 Å². The molecule has 3 aromatic carbocycles. The Kier molecular flexibility index (Phi) is 7.12. The van der Waals surface area contributed by atoms with Crippen molar-refractivity contribution in [1.29, 1.82) is 0 Å². The van der Waals surface area contributed by atoms with Crippen molar-refractivity contribution >= 4 is 18.0 Å². The summed E-state index contributed by atoms with van der Waals surface area (Å²) in [4.78, 5) is 23.8. The van der Waals surface area contributed by atoms with Crippen LogP contribution in [-0.4, -0.2) is 24.6 Å². The zero-order valence-corrected chi connectivity index (χ0v) is 15.7. The fourth-order valence-electron chi connectivity index (χ4n) is 2.47. The van der Waals surface area contributed by atoms with Gasteiger partial charge in [-0.25, -0.2) is 5.43 Å². The Morgan fingerprint density at radius 2 is 1.52 bits per heavy atom. The van der Waals surface area contributed by atoms with Crippen molar-refractivity contribution < 1.29 is 14.3 Å². The molecule has 0 radical (unpaired) electrons. The van der Waals surface area contributed by atoms with Gasteiger partial charge in [0.15, 0.2) is 6.61 Å². The zero-order chi connectivity index (χ0) is 20.3. The smallest absolute Gasteiger partial charge is 0.271 e. The van der Waals surface area contributed by atoms with Gasteiger partial charge in [0.25, 0.3) is 11.8 Å². The molecule has 29 heavy (non-hydrogen) atoms. The standard InChI is InChI=1S/C23H21N3O3/c27-22(24-15-18-7-3-1-4-8-18)17-29-21-13-11-19(12-14-21)16-25-26-23(28)20-9-5-2-6-10-20/h1-14,16H,15,17H2,(H,24,27)(H,26,28)/b25-16+. The highest BCUT2D eigenvalue weighted by Crippen LogP contribution is 2.11. The predicted molar refractivity (Wildman–Crippen MR) is 112 cm³/mol. The third-order valence-electron chi connectivity index (χ3n) is 4.00. The highest BCUT2D eigenvalue weighted by atomic mass is 16.5. The first-order chi connectivity index (χ1) is 14.2. The molecule has 0 heterocycles. The van der Waals surface area contributed by atoms with E-state index in [1.807, 2.05) is 36.4 Å². The topological polar surface area (TPSA) is 79.8 Å². The first-order valence-electron chi connectivity index (χ1n) is 9.12. The second-order valence-electron chi connectivity index (χ2n) is 6.19. The van der Waals surface area contributed by atoms with Crippen molar-refractivity contribution in [3.63, 3.8) is 0 Å². The number of hydrogen-bond acceptors (Lipinski definition) is 4. The van der Waals surface area contributed by atoms with Gasteiger partial charge in [-0.15, -0.1) is 0 Å². The molecule has 0 saturated heterocycles. The molecule has 0 unspecified atom stereocenters. The molecule has 0 aliphatic carbocycles. The van der Waals surface area contributed by atoms with E-state index in [0.717, 1.165) is 11.1 Å². The van der Waals surface area contributed by atoms with Crippen molar-refractivity contribution in [2.75, 3.05) is 6.61 Å². The first-order valence-corrected chi connectivity index (χ1v) is 9.12. The lowest BCUT2D eigenvalue weighted by molar-refractivity contribution is -0.123. The average Bonchev–Trinajstić information content (AvgIpc) is 2.78. The summed E-state index contributed by atoms with van der Waals surface area (Å²) in [5, 5.41) is 6.75. The highest BCUT2D eigenvalue weighted by Gasteiger charge is 2.03. The summed E-state index contributed by atoms with van der Waals surface area (Å²) in [6, 6.07) is 25.6. The molecule has 3 aromatic rings. The van der Waals surface area contributed by atoms with Gasteiger partial charge < -0.3 is 10.1 Å². The van der Waals surface area contributed by atoms with Crippen LogP contribution >= 0.6 is 0 Å². The molecule has 2 N–H and O–H groups in total. The van der Waals surface area contributed by atoms with E-state index in [1.54, 1.807) is 48.5 Å². The Morgan fingerprint density at radius 1 is 0.862 bits per heavy atom. The minimum Gasteiger partial charge on any atom is -0.484 e. The van der Waals surface area contributed by atoms with Gasteiger partial charge in [0.05, 0.1) is 6.21 Å². The third kappa shape index (κ3) is 6.62. The molecule has 146 valence electrons. The number of hydrazone groups is 1. The number of carbonyl (C=O) groups is 2. The lowest BCUT2D eigenvalue weighted by Crippen LogP contribution is -2.28. The van der Waals surface area contributed by atoms with Gasteiger partial charge in [0.1, 0.15) is 5.75 Å². The molecule has 0 aliphatic rings. The summed E-state index contributed by atoms with van der Waals surface area (Å²) in [6.07, 6.45) is 1.54. The number of carbonyl (C=O) groups excluding carboxylic acids is 2. The quantitative estimate of drug-likeness (QED) is 0.460. The third-order valence-corrected chi connectivity index (χ3v) is 4.00.